The molecule has 0 saturated carbocycles. The summed E-state index contributed by atoms with van der Waals surface area (Å²) in [4.78, 5) is 23.8. The Balaban J connectivity index is 1.41. The molecule has 0 radical (unpaired) electrons. The van der Waals surface area contributed by atoms with Crippen molar-refractivity contribution in [3.05, 3.63) is 86.5 Å². The zero-order chi connectivity index (χ0) is 34.8. The molecule has 11 heteroatoms. The topological polar surface area (TPSA) is 96.8 Å². The fourth-order valence-corrected chi connectivity index (χ4v) is 6.56. The van der Waals surface area contributed by atoms with Crippen molar-refractivity contribution in [3.8, 4) is 39.5 Å². The number of amides is 1. The average molecular weight is 712 g/mol. The van der Waals surface area contributed by atoms with Gasteiger partial charge in [0.25, 0.3) is 0 Å². The van der Waals surface area contributed by atoms with E-state index in [4.69, 9.17) is 44.3 Å². The van der Waals surface area contributed by atoms with E-state index in [9.17, 15) is 9.90 Å². The van der Waals surface area contributed by atoms with Crippen molar-refractivity contribution in [1.82, 2.24) is 20.2 Å². The minimum Gasteiger partial charge on any atom is -0.481 e. The maximum Gasteiger partial charge on any atom is 0.407 e. The summed E-state index contributed by atoms with van der Waals surface area (Å²) in [5.41, 5.74) is 5.93. The number of ether oxygens (including phenoxy) is 2. The number of aromatic nitrogens is 2. The Labute approximate surface area is 297 Å². The zero-order valence-corrected chi connectivity index (χ0v) is 30.4. The Morgan fingerprint density at radius 2 is 1.73 bits per heavy atom. The molecule has 0 unspecified atom stereocenters. The highest BCUT2D eigenvalue weighted by Gasteiger charge is 2.24. The van der Waals surface area contributed by atoms with Crippen LogP contribution in [0.5, 0.6) is 5.88 Å². The van der Waals surface area contributed by atoms with Crippen molar-refractivity contribution in [3.63, 3.8) is 0 Å². The van der Waals surface area contributed by atoms with Crippen molar-refractivity contribution in [2.24, 2.45) is 0 Å². The second-order valence-electron chi connectivity index (χ2n) is 13.7. The van der Waals surface area contributed by atoms with Crippen LogP contribution in [0.3, 0.4) is 0 Å². The van der Waals surface area contributed by atoms with Crippen LogP contribution < -0.4 is 10.1 Å². The van der Waals surface area contributed by atoms with Gasteiger partial charge in [-0.1, -0.05) is 53.0 Å². The van der Waals surface area contributed by atoms with Gasteiger partial charge in [-0.05, 0) is 88.9 Å². The monoisotopic (exact) mass is 710 g/mol. The summed E-state index contributed by atoms with van der Waals surface area (Å²) in [6, 6.07) is 15.2. The van der Waals surface area contributed by atoms with Crippen LogP contribution in [0.4, 0.5) is 4.79 Å². The minimum atomic E-state index is -0.709. The standard InChI is InChI=1S/C37H41Cl3N4O4/c1-36(2,3)43-35(45)48-21-23-10-11-30(42-34(23)47-6)27-9-7-8-25(31(27)39)26-12-15-41-33(32(26)40)24-18-22-13-16-44(17-14-37(4,5)46)20-28(22)29(38)19-24/h7-12,15,18-19,46H,13-14,16-17,20-21H2,1-6H3,(H,43,45). The molecule has 48 heavy (non-hydrogen) atoms. The number of hydrogen-bond acceptors (Lipinski definition) is 7. The Morgan fingerprint density at radius 1 is 1.00 bits per heavy atom. The maximum atomic E-state index is 12.2. The molecule has 254 valence electrons. The predicted molar refractivity (Wildman–Crippen MR) is 193 cm³/mol. The lowest BCUT2D eigenvalue weighted by atomic mass is 9.94. The first-order valence-corrected chi connectivity index (χ1v) is 17.0. The molecule has 0 bridgehead atoms. The third-order valence-electron chi connectivity index (χ3n) is 8.10. The number of alkyl carbamates (subject to hydrolysis) is 1. The Hall–Kier alpha value is -3.40. The van der Waals surface area contributed by atoms with Crippen LogP contribution >= 0.6 is 34.8 Å². The smallest absolute Gasteiger partial charge is 0.407 e. The number of carbonyl (C=O) groups excluding carboxylic acids is 1. The van der Waals surface area contributed by atoms with Crippen LogP contribution in [0.15, 0.2) is 54.7 Å². The number of rotatable bonds is 9. The highest BCUT2D eigenvalue weighted by atomic mass is 35.5. The molecule has 1 aliphatic heterocycles. The van der Waals surface area contributed by atoms with Crippen LogP contribution in [0.1, 0.15) is 57.7 Å². The first-order chi connectivity index (χ1) is 22.6. The molecule has 1 amide bonds. The fourth-order valence-electron chi connectivity index (χ4n) is 5.62. The average Bonchev–Trinajstić information content (AvgIpc) is 3.02. The van der Waals surface area contributed by atoms with E-state index in [1.807, 2.05) is 71.0 Å². The molecule has 3 heterocycles. The molecule has 2 aromatic carbocycles. The third-order valence-corrected chi connectivity index (χ3v) is 9.23. The molecular formula is C37H41Cl3N4O4. The van der Waals surface area contributed by atoms with Crippen LogP contribution in [-0.2, 0) is 24.3 Å². The second kappa shape index (κ2) is 14.6. The van der Waals surface area contributed by atoms with Crippen molar-refractivity contribution in [2.45, 2.75) is 71.8 Å². The highest BCUT2D eigenvalue weighted by Crippen LogP contribution is 2.43. The third kappa shape index (κ3) is 8.60. The summed E-state index contributed by atoms with van der Waals surface area (Å²) < 4.78 is 10.9. The fraction of sp³-hybridized carbons (Fsp3) is 0.378. The van der Waals surface area contributed by atoms with Crippen LogP contribution in [0.2, 0.25) is 15.1 Å². The lowest BCUT2D eigenvalue weighted by Crippen LogP contribution is -2.40. The summed E-state index contributed by atoms with van der Waals surface area (Å²) in [6.45, 7) is 11.7. The van der Waals surface area contributed by atoms with Gasteiger partial charge in [-0.3, -0.25) is 9.88 Å². The number of pyridine rings is 2. The van der Waals surface area contributed by atoms with Gasteiger partial charge in [0, 0.05) is 58.6 Å². The van der Waals surface area contributed by atoms with E-state index in [0.29, 0.717) is 49.9 Å². The molecule has 2 N–H and O–H groups in total. The van der Waals surface area contributed by atoms with E-state index < -0.39 is 17.2 Å². The molecule has 0 aliphatic carbocycles. The second-order valence-corrected chi connectivity index (χ2v) is 14.9. The predicted octanol–water partition coefficient (Wildman–Crippen LogP) is 8.99. The lowest BCUT2D eigenvalue weighted by Gasteiger charge is -2.31. The number of methoxy groups -OCH3 is 1. The summed E-state index contributed by atoms with van der Waals surface area (Å²) in [6.07, 6.45) is 2.72. The zero-order valence-electron chi connectivity index (χ0n) is 28.1. The number of aliphatic hydroxyl groups is 1. The Bertz CT molecular complexity index is 1820. The van der Waals surface area contributed by atoms with Gasteiger partial charge in [-0.2, -0.15) is 0 Å². The summed E-state index contributed by atoms with van der Waals surface area (Å²) in [5.74, 6) is 0.325. The molecule has 8 nitrogen and oxygen atoms in total. The van der Waals surface area contributed by atoms with E-state index in [1.54, 1.807) is 12.3 Å². The molecule has 0 saturated heterocycles. The number of fused-ring (bicyclic) bond motifs is 1. The molecule has 0 atom stereocenters. The Kier molecular flexibility index (Phi) is 10.9. The van der Waals surface area contributed by atoms with E-state index in [-0.39, 0.29) is 6.61 Å². The van der Waals surface area contributed by atoms with E-state index in [2.05, 4.69) is 26.3 Å². The molecule has 0 fully saturated rings. The van der Waals surface area contributed by atoms with Gasteiger partial charge in [-0.15, -0.1) is 0 Å². The molecule has 1 aliphatic rings. The molecule has 2 aromatic heterocycles. The van der Waals surface area contributed by atoms with Crippen LogP contribution in [-0.4, -0.2) is 57.4 Å². The largest absolute Gasteiger partial charge is 0.481 e. The van der Waals surface area contributed by atoms with Crippen LogP contribution in [0, 0.1) is 0 Å². The van der Waals surface area contributed by atoms with E-state index in [0.717, 1.165) is 48.3 Å². The van der Waals surface area contributed by atoms with Gasteiger partial charge in [0.15, 0.2) is 0 Å². The number of carbonyl (C=O) groups is 1. The van der Waals surface area contributed by atoms with Crippen molar-refractivity contribution in [2.75, 3.05) is 20.2 Å². The number of hydrogen-bond donors (Lipinski definition) is 2. The van der Waals surface area contributed by atoms with Gasteiger partial charge in [0.2, 0.25) is 5.88 Å². The minimum absolute atomic E-state index is 0.00539. The summed E-state index contributed by atoms with van der Waals surface area (Å²) in [7, 11) is 1.52. The quantitative estimate of drug-likeness (QED) is 0.179. The number of halogens is 3. The van der Waals surface area contributed by atoms with Gasteiger partial charge >= 0.3 is 6.09 Å². The van der Waals surface area contributed by atoms with Gasteiger partial charge in [-0.25, -0.2) is 9.78 Å². The van der Waals surface area contributed by atoms with E-state index in [1.165, 1.54) is 12.7 Å². The molecule has 0 spiro atoms. The van der Waals surface area contributed by atoms with Crippen molar-refractivity contribution < 1.29 is 19.4 Å². The first-order valence-electron chi connectivity index (χ1n) is 15.8. The molecule has 4 aromatic rings. The highest BCUT2D eigenvalue weighted by molar-refractivity contribution is 6.39. The van der Waals surface area contributed by atoms with Gasteiger partial charge < -0.3 is 19.9 Å². The summed E-state index contributed by atoms with van der Waals surface area (Å²) in [5, 5.41) is 14.5. The summed E-state index contributed by atoms with van der Waals surface area (Å²) >= 11 is 21.0. The van der Waals surface area contributed by atoms with Gasteiger partial charge in [0.05, 0.1) is 39.7 Å². The van der Waals surface area contributed by atoms with Gasteiger partial charge in [0.1, 0.15) is 6.61 Å². The maximum absolute atomic E-state index is 12.2. The number of nitrogens with zero attached hydrogens (tertiary/aromatic N) is 3. The first kappa shape index (κ1) is 35.9. The normalized spacial score (nSPS) is 13.6. The molecular weight excluding hydrogens is 671 g/mol. The lowest BCUT2D eigenvalue weighted by molar-refractivity contribution is 0.0558. The number of nitrogens with one attached hydrogen (secondary N) is 1. The molecule has 5 rings (SSSR count). The van der Waals surface area contributed by atoms with Crippen molar-refractivity contribution >= 4 is 40.9 Å². The van der Waals surface area contributed by atoms with Crippen LogP contribution in [0.25, 0.3) is 33.6 Å². The van der Waals surface area contributed by atoms with Crippen molar-refractivity contribution in [1.29, 1.82) is 0 Å². The number of benzene rings is 2. The Morgan fingerprint density at radius 3 is 2.44 bits per heavy atom. The van der Waals surface area contributed by atoms with E-state index >= 15 is 0 Å². The SMILES string of the molecule is COc1nc(-c2cccc(-c3ccnc(-c4cc(Cl)c5c(c4)CCN(CCC(C)(C)O)C5)c3Cl)c2Cl)ccc1COC(=O)NC(C)(C)C.